The maximum atomic E-state index is 12.9. The van der Waals surface area contributed by atoms with Crippen molar-refractivity contribution < 1.29 is 22.7 Å². The molecule has 4 rings (SSSR count). The Morgan fingerprint density at radius 1 is 1.13 bits per heavy atom. The molecular formula is C22H26N2O5S. The average molecular weight is 431 g/mol. The van der Waals surface area contributed by atoms with Gasteiger partial charge in [-0.05, 0) is 43.5 Å². The van der Waals surface area contributed by atoms with Crippen LogP contribution in [-0.4, -0.2) is 46.4 Å². The van der Waals surface area contributed by atoms with E-state index in [4.69, 9.17) is 9.47 Å². The summed E-state index contributed by atoms with van der Waals surface area (Å²) in [6.45, 7) is 3.16. The number of hydrogen-bond acceptors (Lipinski definition) is 5. The Hall–Kier alpha value is -2.74. The van der Waals surface area contributed by atoms with Crippen LogP contribution >= 0.6 is 0 Å². The Kier molecular flexibility index (Phi) is 5.60. The molecule has 160 valence electrons. The first-order valence-corrected chi connectivity index (χ1v) is 12.0. The number of amides is 1. The molecule has 1 atom stereocenters. The van der Waals surface area contributed by atoms with Crippen molar-refractivity contribution in [1.29, 1.82) is 0 Å². The average Bonchev–Trinajstić information content (AvgIpc) is 3.05. The summed E-state index contributed by atoms with van der Waals surface area (Å²) in [5.41, 5.74) is 2.64. The van der Waals surface area contributed by atoms with Gasteiger partial charge in [-0.3, -0.25) is 9.10 Å². The number of benzene rings is 2. The van der Waals surface area contributed by atoms with Gasteiger partial charge in [0.05, 0.1) is 11.9 Å². The lowest BCUT2D eigenvalue weighted by Gasteiger charge is -2.26. The molecule has 2 heterocycles. The Balaban J connectivity index is 1.45. The number of carbonyl (C=O) groups is 1. The first-order valence-electron chi connectivity index (χ1n) is 10.1. The van der Waals surface area contributed by atoms with Gasteiger partial charge in [-0.15, -0.1) is 0 Å². The molecular weight excluding hydrogens is 404 g/mol. The fourth-order valence-electron chi connectivity index (χ4n) is 4.11. The molecule has 2 aliphatic rings. The van der Waals surface area contributed by atoms with Crippen molar-refractivity contribution in [2.45, 2.75) is 32.2 Å². The molecule has 2 aromatic rings. The number of para-hydroxylation sites is 1. The van der Waals surface area contributed by atoms with Gasteiger partial charge in [0.1, 0.15) is 13.2 Å². The number of carbonyl (C=O) groups excluding carboxylic acids is 1. The van der Waals surface area contributed by atoms with Crippen LogP contribution in [0.4, 0.5) is 11.4 Å². The molecule has 0 bridgehead atoms. The van der Waals surface area contributed by atoms with Gasteiger partial charge in [0.2, 0.25) is 15.9 Å². The third-order valence-electron chi connectivity index (χ3n) is 5.44. The lowest BCUT2D eigenvalue weighted by atomic mass is 10.1. The summed E-state index contributed by atoms with van der Waals surface area (Å²) in [5.74, 6) is 1.16. The zero-order valence-corrected chi connectivity index (χ0v) is 18.0. The first-order chi connectivity index (χ1) is 14.3. The lowest BCUT2D eigenvalue weighted by Crippen LogP contribution is -2.37. The van der Waals surface area contributed by atoms with Gasteiger partial charge in [0.25, 0.3) is 0 Å². The highest BCUT2D eigenvalue weighted by molar-refractivity contribution is 7.92. The van der Waals surface area contributed by atoms with Crippen molar-refractivity contribution in [3.8, 4) is 11.5 Å². The molecule has 0 aliphatic carbocycles. The van der Waals surface area contributed by atoms with Crippen molar-refractivity contribution in [2.24, 2.45) is 0 Å². The summed E-state index contributed by atoms with van der Waals surface area (Å²) in [6, 6.07) is 13.1. The van der Waals surface area contributed by atoms with E-state index in [1.54, 1.807) is 18.2 Å². The molecule has 2 aromatic carbocycles. The number of anilines is 2. The molecule has 0 spiro atoms. The van der Waals surface area contributed by atoms with Crippen molar-refractivity contribution in [1.82, 2.24) is 0 Å². The Bertz CT molecular complexity index is 1050. The van der Waals surface area contributed by atoms with Crippen molar-refractivity contribution in [3.05, 3.63) is 48.0 Å². The van der Waals surface area contributed by atoms with E-state index < -0.39 is 10.0 Å². The Morgan fingerprint density at radius 3 is 2.63 bits per heavy atom. The zero-order valence-electron chi connectivity index (χ0n) is 17.2. The molecule has 0 saturated heterocycles. The summed E-state index contributed by atoms with van der Waals surface area (Å²) in [7, 11) is -3.51. The quantitative estimate of drug-likeness (QED) is 0.704. The number of hydrogen-bond donors (Lipinski definition) is 0. The summed E-state index contributed by atoms with van der Waals surface area (Å²) in [4.78, 5) is 14.7. The van der Waals surface area contributed by atoms with E-state index in [2.05, 4.69) is 0 Å². The van der Waals surface area contributed by atoms with Gasteiger partial charge >= 0.3 is 0 Å². The number of rotatable bonds is 6. The van der Waals surface area contributed by atoms with Crippen molar-refractivity contribution in [3.63, 3.8) is 0 Å². The topological polar surface area (TPSA) is 76.2 Å². The van der Waals surface area contributed by atoms with E-state index in [0.717, 1.165) is 12.1 Å². The standard InChI is InChI=1S/C22H26N2O5S/c1-16-14-17-6-3-4-7-19(17)24(16)22(25)8-5-11-23(30(2,26)27)18-9-10-20-21(15-18)29-13-12-28-20/h3-4,6-7,9-10,15-16H,5,8,11-14H2,1-2H3/t16-/m0/s1. The van der Waals surface area contributed by atoms with Crippen LogP contribution in [0.25, 0.3) is 0 Å². The molecule has 0 saturated carbocycles. The third-order valence-corrected chi connectivity index (χ3v) is 6.64. The molecule has 1 amide bonds. The number of ether oxygens (including phenoxy) is 2. The van der Waals surface area contributed by atoms with E-state index in [1.807, 2.05) is 36.1 Å². The largest absolute Gasteiger partial charge is 0.486 e. The Labute approximate surface area is 177 Å². The molecule has 0 aromatic heterocycles. The van der Waals surface area contributed by atoms with Crippen LogP contribution in [-0.2, 0) is 21.2 Å². The van der Waals surface area contributed by atoms with Gasteiger partial charge in [-0.1, -0.05) is 18.2 Å². The summed E-state index contributed by atoms with van der Waals surface area (Å²) >= 11 is 0. The lowest BCUT2D eigenvalue weighted by molar-refractivity contribution is -0.118. The maximum Gasteiger partial charge on any atom is 0.232 e. The fourth-order valence-corrected chi connectivity index (χ4v) is 5.07. The molecule has 7 nitrogen and oxygen atoms in total. The summed E-state index contributed by atoms with van der Waals surface area (Å²) in [5, 5.41) is 0. The zero-order chi connectivity index (χ0) is 21.3. The van der Waals surface area contributed by atoms with Crippen LogP contribution in [0.5, 0.6) is 11.5 Å². The molecule has 0 fully saturated rings. The SMILES string of the molecule is C[C@H]1Cc2ccccc2N1C(=O)CCCN(c1ccc2c(c1)OCCO2)S(C)(=O)=O. The highest BCUT2D eigenvalue weighted by Gasteiger charge is 2.30. The number of nitrogens with zero attached hydrogens (tertiary/aromatic N) is 2. The third kappa shape index (κ3) is 4.09. The Morgan fingerprint density at radius 2 is 1.87 bits per heavy atom. The predicted octanol–water partition coefficient (Wildman–Crippen LogP) is 2.98. The van der Waals surface area contributed by atoms with Crippen LogP contribution in [0.3, 0.4) is 0 Å². The van der Waals surface area contributed by atoms with Gasteiger partial charge in [-0.2, -0.15) is 0 Å². The van der Waals surface area contributed by atoms with Gasteiger partial charge in [-0.25, -0.2) is 8.42 Å². The van der Waals surface area contributed by atoms with E-state index in [1.165, 1.54) is 16.1 Å². The minimum Gasteiger partial charge on any atom is -0.486 e. The second kappa shape index (κ2) is 8.18. The van der Waals surface area contributed by atoms with E-state index in [-0.39, 0.29) is 24.9 Å². The second-order valence-corrected chi connectivity index (χ2v) is 9.62. The first kappa shape index (κ1) is 20.5. The monoisotopic (exact) mass is 430 g/mol. The minimum absolute atomic E-state index is 0.0167. The highest BCUT2D eigenvalue weighted by atomic mass is 32.2. The molecule has 0 unspecified atom stereocenters. The molecule has 0 radical (unpaired) electrons. The summed E-state index contributed by atoms with van der Waals surface area (Å²) < 4.78 is 37.2. The van der Waals surface area contributed by atoms with Crippen LogP contribution in [0.15, 0.2) is 42.5 Å². The number of fused-ring (bicyclic) bond motifs is 2. The van der Waals surface area contributed by atoms with Crippen molar-refractivity contribution >= 4 is 27.3 Å². The van der Waals surface area contributed by atoms with Crippen LogP contribution < -0.4 is 18.7 Å². The molecule has 8 heteroatoms. The van der Waals surface area contributed by atoms with Crippen LogP contribution in [0.2, 0.25) is 0 Å². The van der Waals surface area contributed by atoms with Gasteiger partial charge in [0.15, 0.2) is 11.5 Å². The summed E-state index contributed by atoms with van der Waals surface area (Å²) in [6.07, 6.45) is 2.71. The maximum absolute atomic E-state index is 12.9. The second-order valence-electron chi connectivity index (χ2n) is 7.71. The van der Waals surface area contributed by atoms with E-state index in [9.17, 15) is 13.2 Å². The number of sulfonamides is 1. The molecule has 30 heavy (non-hydrogen) atoms. The highest BCUT2D eigenvalue weighted by Crippen LogP contribution is 2.35. The normalized spacial score (nSPS) is 17.5. The molecule has 2 aliphatic heterocycles. The fraction of sp³-hybridized carbons (Fsp3) is 0.409. The van der Waals surface area contributed by atoms with Gasteiger partial charge in [0, 0.05) is 30.8 Å². The minimum atomic E-state index is -3.51. The predicted molar refractivity (Wildman–Crippen MR) is 116 cm³/mol. The molecule has 0 N–H and O–H groups in total. The smallest absolute Gasteiger partial charge is 0.232 e. The van der Waals surface area contributed by atoms with Crippen LogP contribution in [0.1, 0.15) is 25.3 Å². The van der Waals surface area contributed by atoms with Crippen molar-refractivity contribution in [2.75, 3.05) is 35.2 Å². The van der Waals surface area contributed by atoms with Crippen LogP contribution in [0, 0.1) is 0 Å². The van der Waals surface area contributed by atoms with E-state index >= 15 is 0 Å². The van der Waals surface area contributed by atoms with E-state index in [0.29, 0.717) is 36.8 Å². The van der Waals surface area contributed by atoms with Gasteiger partial charge < -0.3 is 14.4 Å².